The molecule has 0 aliphatic carbocycles. The van der Waals surface area contributed by atoms with Gasteiger partial charge in [0.1, 0.15) is 0 Å². The smallest absolute Gasteiger partial charge is 0.263 e. The molecule has 17 heavy (non-hydrogen) atoms. The summed E-state index contributed by atoms with van der Waals surface area (Å²) in [5.74, 6) is 0. The lowest BCUT2D eigenvalue weighted by Crippen LogP contribution is -2.15. The van der Waals surface area contributed by atoms with Crippen molar-refractivity contribution in [3.05, 3.63) is 29.8 Å². The number of unbranched alkanes of at least 4 members (excludes halogenated alkanes) is 1. The molecule has 0 aliphatic heterocycles. The van der Waals surface area contributed by atoms with Crippen LogP contribution in [0.3, 0.4) is 0 Å². The Morgan fingerprint density at radius 2 is 1.82 bits per heavy atom. The molecule has 0 unspecified atom stereocenters. The van der Waals surface area contributed by atoms with Crippen molar-refractivity contribution >= 4 is 10.1 Å². The highest BCUT2D eigenvalue weighted by Crippen LogP contribution is 2.17. The number of aryl methyl sites for hydroxylation is 1. The summed E-state index contributed by atoms with van der Waals surface area (Å²) in [6, 6.07) is 6.70. The molecule has 0 aliphatic rings. The van der Waals surface area contributed by atoms with Gasteiger partial charge < -0.3 is 0 Å². The highest BCUT2D eigenvalue weighted by molar-refractivity contribution is 7.86. The number of hydrogen-bond donors (Lipinski definition) is 0. The molecule has 0 amide bonds. The van der Waals surface area contributed by atoms with Crippen molar-refractivity contribution in [3.8, 4) is 0 Å². The van der Waals surface area contributed by atoms with Crippen LogP contribution >= 0.6 is 0 Å². The third-order valence-electron chi connectivity index (χ3n) is 2.56. The fourth-order valence-corrected chi connectivity index (χ4v) is 2.63. The van der Waals surface area contributed by atoms with Gasteiger partial charge in [0.25, 0.3) is 10.1 Å². The van der Waals surface area contributed by atoms with Crippen LogP contribution in [0.1, 0.15) is 38.7 Å². The molecule has 0 bridgehead atoms. The summed E-state index contributed by atoms with van der Waals surface area (Å²) in [4.78, 5) is 0.228. The predicted octanol–water partition coefficient (Wildman–Crippen LogP) is 3.28. The first-order valence-corrected chi connectivity index (χ1v) is 7.36. The molecule has 96 valence electrons. The van der Waals surface area contributed by atoms with Gasteiger partial charge in [-0.1, -0.05) is 37.5 Å². The zero-order valence-corrected chi connectivity index (χ0v) is 11.5. The average molecular weight is 256 g/mol. The van der Waals surface area contributed by atoms with E-state index in [1.807, 2.05) is 6.92 Å². The van der Waals surface area contributed by atoms with Crippen molar-refractivity contribution in [1.82, 2.24) is 0 Å². The van der Waals surface area contributed by atoms with Gasteiger partial charge in [-0.15, -0.1) is 0 Å². The van der Waals surface area contributed by atoms with E-state index in [0.717, 1.165) is 24.8 Å². The molecule has 1 rings (SSSR count). The Kier molecular flexibility index (Phi) is 5.15. The van der Waals surface area contributed by atoms with Crippen LogP contribution in [-0.4, -0.2) is 14.5 Å². The van der Waals surface area contributed by atoms with Gasteiger partial charge in [0.2, 0.25) is 0 Å². The molecule has 4 heteroatoms. The van der Waals surface area contributed by atoms with Crippen molar-refractivity contribution in [1.29, 1.82) is 0 Å². The molecule has 0 radical (unpaired) electrons. The van der Waals surface area contributed by atoms with Crippen molar-refractivity contribution < 1.29 is 12.6 Å². The highest BCUT2D eigenvalue weighted by atomic mass is 32.2. The van der Waals surface area contributed by atoms with E-state index >= 15 is 0 Å². The first-order valence-electron chi connectivity index (χ1n) is 5.95. The van der Waals surface area contributed by atoms with Crippen LogP contribution in [-0.2, 0) is 14.3 Å². The van der Waals surface area contributed by atoms with E-state index in [0.29, 0.717) is 0 Å². The van der Waals surface area contributed by atoms with Gasteiger partial charge >= 0.3 is 0 Å². The maximum atomic E-state index is 11.9. The van der Waals surface area contributed by atoms with E-state index in [1.54, 1.807) is 31.2 Å². The van der Waals surface area contributed by atoms with Crippen molar-refractivity contribution in [2.75, 3.05) is 0 Å². The first kappa shape index (κ1) is 14.2. The molecule has 0 N–H and O–H groups in total. The molecular formula is C13H20O3S. The zero-order chi connectivity index (χ0) is 12.9. The molecule has 0 spiro atoms. The standard InChI is InChI=1S/C13H20O3S/c1-4-5-6-12(3)16-17(14,15)13-9-7-11(2)8-10-13/h7-10,12H,4-6H2,1-3H3/t12-/m1/s1. The molecular weight excluding hydrogens is 236 g/mol. The van der Waals surface area contributed by atoms with Crippen LogP contribution in [0.15, 0.2) is 29.2 Å². The second-order valence-electron chi connectivity index (χ2n) is 4.32. The summed E-state index contributed by atoms with van der Waals surface area (Å²) >= 11 is 0. The molecule has 0 heterocycles. The van der Waals surface area contributed by atoms with Gasteiger partial charge in [-0.3, -0.25) is 4.18 Å². The van der Waals surface area contributed by atoms with Crippen molar-refractivity contribution in [3.63, 3.8) is 0 Å². The predicted molar refractivity (Wildman–Crippen MR) is 68.4 cm³/mol. The summed E-state index contributed by atoms with van der Waals surface area (Å²) < 4.78 is 28.9. The molecule has 1 aromatic rings. The quantitative estimate of drug-likeness (QED) is 0.734. The van der Waals surface area contributed by atoms with Crippen LogP contribution in [0, 0.1) is 6.92 Å². The second kappa shape index (κ2) is 6.17. The Labute approximate surface area is 104 Å². The molecule has 0 fully saturated rings. The normalized spacial score (nSPS) is 13.6. The summed E-state index contributed by atoms with van der Waals surface area (Å²) in [5, 5.41) is 0. The van der Waals surface area contributed by atoms with Crippen LogP contribution in [0.25, 0.3) is 0 Å². The van der Waals surface area contributed by atoms with Gasteiger partial charge in [-0.25, -0.2) is 0 Å². The van der Waals surface area contributed by atoms with Crippen molar-refractivity contribution in [2.24, 2.45) is 0 Å². The summed E-state index contributed by atoms with van der Waals surface area (Å²) in [6.45, 7) is 5.78. The maximum Gasteiger partial charge on any atom is 0.297 e. The van der Waals surface area contributed by atoms with Crippen LogP contribution in [0.4, 0.5) is 0 Å². The third-order valence-corrected chi connectivity index (χ3v) is 4.00. The Morgan fingerprint density at radius 1 is 1.24 bits per heavy atom. The largest absolute Gasteiger partial charge is 0.297 e. The SMILES string of the molecule is CCCC[C@@H](C)OS(=O)(=O)c1ccc(C)cc1. The number of hydrogen-bond acceptors (Lipinski definition) is 3. The first-order chi connectivity index (χ1) is 7.95. The van der Waals surface area contributed by atoms with Crippen LogP contribution in [0.5, 0.6) is 0 Å². The molecule has 0 saturated heterocycles. The lowest BCUT2D eigenvalue weighted by Gasteiger charge is -2.12. The zero-order valence-electron chi connectivity index (χ0n) is 10.6. The fourth-order valence-electron chi connectivity index (χ4n) is 1.52. The Bertz CT molecular complexity index is 434. The maximum absolute atomic E-state index is 11.9. The fraction of sp³-hybridized carbons (Fsp3) is 0.538. The van der Waals surface area contributed by atoms with E-state index < -0.39 is 10.1 Å². The van der Waals surface area contributed by atoms with Gasteiger partial charge in [0.05, 0.1) is 11.0 Å². The molecule has 0 aromatic heterocycles. The van der Waals surface area contributed by atoms with Crippen LogP contribution in [0.2, 0.25) is 0 Å². The van der Waals surface area contributed by atoms with E-state index in [1.165, 1.54) is 0 Å². The minimum atomic E-state index is -3.61. The minimum absolute atomic E-state index is 0.228. The highest BCUT2D eigenvalue weighted by Gasteiger charge is 2.18. The summed E-state index contributed by atoms with van der Waals surface area (Å²) in [7, 11) is -3.61. The lowest BCUT2D eigenvalue weighted by atomic mass is 10.2. The van der Waals surface area contributed by atoms with E-state index in [-0.39, 0.29) is 11.0 Å². The minimum Gasteiger partial charge on any atom is -0.263 e. The molecule has 1 aromatic carbocycles. The Balaban J connectivity index is 2.71. The van der Waals surface area contributed by atoms with Crippen molar-refractivity contribution in [2.45, 2.75) is 51.0 Å². The lowest BCUT2D eigenvalue weighted by molar-refractivity contribution is 0.214. The number of rotatable bonds is 6. The van der Waals surface area contributed by atoms with E-state index in [4.69, 9.17) is 4.18 Å². The average Bonchev–Trinajstić information content (AvgIpc) is 2.26. The molecule has 3 nitrogen and oxygen atoms in total. The van der Waals surface area contributed by atoms with Gasteiger partial charge in [0.15, 0.2) is 0 Å². The monoisotopic (exact) mass is 256 g/mol. The second-order valence-corrected chi connectivity index (χ2v) is 5.89. The molecule has 0 saturated carbocycles. The van der Waals surface area contributed by atoms with Crippen LogP contribution < -0.4 is 0 Å². The van der Waals surface area contributed by atoms with Gasteiger partial charge in [-0.05, 0) is 32.4 Å². The van der Waals surface area contributed by atoms with E-state index in [9.17, 15) is 8.42 Å². The topological polar surface area (TPSA) is 43.4 Å². The molecule has 1 atom stereocenters. The van der Waals surface area contributed by atoms with Gasteiger partial charge in [-0.2, -0.15) is 8.42 Å². The van der Waals surface area contributed by atoms with Gasteiger partial charge in [0, 0.05) is 0 Å². The Hall–Kier alpha value is -0.870. The third kappa shape index (κ3) is 4.48. The van der Waals surface area contributed by atoms with E-state index in [2.05, 4.69) is 6.92 Å². The Morgan fingerprint density at radius 3 is 2.35 bits per heavy atom. The summed E-state index contributed by atoms with van der Waals surface area (Å²) in [5.41, 5.74) is 1.03. The number of benzene rings is 1. The summed E-state index contributed by atoms with van der Waals surface area (Å²) in [6.07, 6.45) is 2.52.